The number of aryl methyl sites for hydroxylation is 2. The Balaban J connectivity index is 2.49. The molecular weight excluding hydrogens is 250 g/mol. The molecule has 0 spiro atoms. The van der Waals surface area contributed by atoms with E-state index < -0.39 is 0 Å². The fourth-order valence-electron chi connectivity index (χ4n) is 2.17. The van der Waals surface area contributed by atoms with Gasteiger partial charge >= 0.3 is 0 Å². The first-order valence-corrected chi connectivity index (χ1v) is 7.36. The first-order valence-electron chi connectivity index (χ1n) is 7.36. The van der Waals surface area contributed by atoms with Crippen LogP contribution in [0.1, 0.15) is 32.4 Å². The second-order valence-corrected chi connectivity index (χ2v) is 5.10. The monoisotopic (exact) mass is 274 g/mol. The van der Waals surface area contributed by atoms with Crippen molar-refractivity contribution in [3.05, 3.63) is 30.1 Å². The highest BCUT2D eigenvalue weighted by molar-refractivity contribution is 5.86. The van der Waals surface area contributed by atoms with E-state index in [4.69, 9.17) is 9.47 Å². The lowest BCUT2D eigenvalue weighted by atomic mass is 10.1. The third kappa shape index (κ3) is 3.03. The topological polar surface area (TPSA) is 22.3 Å². The average molecular weight is 274 g/mol. The van der Waals surface area contributed by atoms with Gasteiger partial charge in [-0.1, -0.05) is 13.8 Å². The lowest BCUT2D eigenvalue weighted by molar-refractivity contribution is -0.676. The Morgan fingerprint density at radius 2 is 1.60 bits per heavy atom. The van der Waals surface area contributed by atoms with Gasteiger partial charge in [0.2, 0.25) is 0 Å². The maximum atomic E-state index is 5.85. The highest BCUT2D eigenvalue weighted by Gasteiger charge is 2.13. The first-order chi connectivity index (χ1) is 9.67. The largest absolute Gasteiger partial charge is 0.490 e. The van der Waals surface area contributed by atoms with Crippen molar-refractivity contribution in [2.24, 2.45) is 7.05 Å². The number of ether oxygens (including phenoxy) is 2. The van der Waals surface area contributed by atoms with Crippen LogP contribution in [0.2, 0.25) is 0 Å². The molecule has 0 saturated heterocycles. The highest BCUT2D eigenvalue weighted by Crippen LogP contribution is 2.33. The number of nitrogens with zero attached hydrogens (tertiary/aromatic N) is 1. The van der Waals surface area contributed by atoms with Gasteiger partial charge < -0.3 is 9.47 Å². The number of hydrogen-bond acceptors (Lipinski definition) is 2. The van der Waals surface area contributed by atoms with Gasteiger partial charge in [0.1, 0.15) is 7.05 Å². The van der Waals surface area contributed by atoms with Crippen molar-refractivity contribution in [2.45, 2.75) is 33.6 Å². The number of pyridine rings is 1. The molecule has 108 valence electrons. The van der Waals surface area contributed by atoms with E-state index >= 15 is 0 Å². The first kappa shape index (κ1) is 14.6. The zero-order valence-electron chi connectivity index (χ0n) is 12.9. The number of hydrogen-bond donors (Lipinski definition) is 0. The molecule has 0 radical (unpaired) electrons. The molecule has 0 amide bonds. The molecule has 1 heterocycles. The fraction of sp³-hybridized carbons (Fsp3) is 0.471. The molecule has 0 saturated carbocycles. The highest BCUT2D eigenvalue weighted by atomic mass is 16.5. The van der Waals surface area contributed by atoms with Crippen LogP contribution in [0.3, 0.4) is 0 Å². The summed E-state index contributed by atoms with van der Waals surface area (Å²) in [6, 6.07) is 6.30. The van der Waals surface area contributed by atoms with Crippen LogP contribution in [-0.4, -0.2) is 13.2 Å². The summed E-state index contributed by atoms with van der Waals surface area (Å²) in [4.78, 5) is 0. The Bertz CT molecular complexity index is 593. The van der Waals surface area contributed by atoms with Crippen molar-refractivity contribution in [2.75, 3.05) is 13.2 Å². The summed E-state index contributed by atoms with van der Waals surface area (Å²) in [5, 5.41) is 2.40. The molecule has 2 aromatic rings. The molecule has 0 unspecified atom stereocenters. The van der Waals surface area contributed by atoms with Crippen LogP contribution in [-0.2, 0) is 7.05 Å². The molecule has 0 fully saturated rings. The van der Waals surface area contributed by atoms with E-state index in [0.717, 1.165) is 24.3 Å². The van der Waals surface area contributed by atoms with E-state index in [2.05, 4.69) is 56.8 Å². The molecule has 0 bridgehead atoms. The number of aromatic nitrogens is 1. The molecule has 0 aliphatic heterocycles. The SMILES string of the molecule is CCCOc1cc2cc[n+](C)c(C)c2cc1OCCC. The molecule has 3 heteroatoms. The van der Waals surface area contributed by atoms with Gasteiger partial charge in [-0.3, -0.25) is 0 Å². The van der Waals surface area contributed by atoms with Crippen LogP contribution in [0.15, 0.2) is 24.4 Å². The molecule has 0 N–H and O–H groups in total. The maximum Gasteiger partial charge on any atom is 0.185 e. The Morgan fingerprint density at radius 3 is 2.20 bits per heavy atom. The van der Waals surface area contributed by atoms with Gasteiger partial charge in [-0.15, -0.1) is 0 Å². The van der Waals surface area contributed by atoms with E-state index in [0.29, 0.717) is 13.2 Å². The minimum absolute atomic E-state index is 0.714. The van der Waals surface area contributed by atoms with Crippen LogP contribution in [0.5, 0.6) is 11.5 Å². The summed E-state index contributed by atoms with van der Waals surface area (Å²) < 4.78 is 13.8. The van der Waals surface area contributed by atoms with E-state index in [-0.39, 0.29) is 0 Å². The van der Waals surface area contributed by atoms with Crippen LogP contribution in [0.4, 0.5) is 0 Å². The fourth-order valence-corrected chi connectivity index (χ4v) is 2.17. The lowest BCUT2D eigenvalue weighted by Gasteiger charge is -2.13. The number of benzene rings is 1. The van der Waals surface area contributed by atoms with Crippen molar-refractivity contribution in [1.82, 2.24) is 0 Å². The quantitative estimate of drug-likeness (QED) is 0.752. The van der Waals surface area contributed by atoms with Gasteiger partial charge in [0, 0.05) is 13.0 Å². The molecule has 20 heavy (non-hydrogen) atoms. The van der Waals surface area contributed by atoms with E-state index in [1.807, 2.05) is 0 Å². The zero-order valence-corrected chi connectivity index (χ0v) is 12.9. The summed E-state index contributed by atoms with van der Waals surface area (Å²) >= 11 is 0. The van der Waals surface area contributed by atoms with Crippen LogP contribution in [0.25, 0.3) is 10.8 Å². The van der Waals surface area contributed by atoms with Crippen molar-refractivity contribution in [1.29, 1.82) is 0 Å². The van der Waals surface area contributed by atoms with Gasteiger partial charge in [0.15, 0.2) is 23.4 Å². The predicted octanol–water partition coefficient (Wildman–Crippen LogP) is 3.55. The van der Waals surface area contributed by atoms with Crippen LogP contribution >= 0.6 is 0 Å². The minimum atomic E-state index is 0.714. The van der Waals surface area contributed by atoms with Gasteiger partial charge in [0.25, 0.3) is 0 Å². The number of rotatable bonds is 6. The average Bonchev–Trinajstić information content (AvgIpc) is 2.47. The summed E-state index contributed by atoms with van der Waals surface area (Å²) in [6.07, 6.45) is 4.06. The van der Waals surface area contributed by atoms with Crippen molar-refractivity contribution in [3.63, 3.8) is 0 Å². The Morgan fingerprint density at radius 1 is 1.00 bits per heavy atom. The lowest BCUT2D eigenvalue weighted by Crippen LogP contribution is -2.31. The second-order valence-electron chi connectivity index (χ2n) is 5.10. The Hall–Kier alpha value is -1.77. The third-order valence-corrected chi connectivity index (χ3v) is 3.44. The molecule has 0 atom stereocenters. The smallest absolute Gasteiger partial charge is 0.185 e. The summed E-state index contributed by atoms with van der Waals surface area (Å²) in [5.41, 5.74) is 1.23. The molecule has 0 aliphatic rings. The minimum Gasteiger partial charge on any atom is -0.490 e. The van der Waals surface area contributed by atoms with Crippen LogP contribution < -0.4 is 14.0 Å². The zero-order chi connectivity index (χ0) is 14.5. The summed E-state index contributed by atoms with van der Waals surface area (Å²) in [5.74, 6) is 1.70. The van der Waals surface area contributed by atoms with Crippen molar-refractivity contribution in [3.8, 4) is 11.5 Å². The van der Waals surface area contributed by atoms with Gasteiger partial charge in [0.05, 0.1) is 18.6 Å². The van der Waals surface area contributed by atoms with Crippen molar-refractivity contribution >= 4 is 10.8 Å². The van der Waals surface area contributed by atoms with Crippen molar-refractivity contribution < 1.29 is 14.0 Å². The number of fused-ring (bicyclic) bond motifs is 1. The Labute approximate surface area is 121 Å². The third-order valence-electron chi connectivity index (χ3n) is 3.44. The normalized spacial score (nSPS) is 10.8. The van der Waals surface area contributed by atoms with Gasteiger partial charge in [-0.05, 0) is 30.4 Å². The second kappa shape index (κ2) is 6.60. The van der Waals surface area contributed by atoms with Gasteiger partial charge in [-0.2, -0.15) is 0 Å². The predicted molar refractivity (Wildman–Crippen MR) is 81.4 cm³/mol. The van der Waals surface area contributed by atoms with E-state index in [9.17, 15) is 0 Å². The molecule has 1 aromatic carbocycles. The van der Waals surface area contributed by atoms with E-state index in [1.165, 1.54) is 16.5 Å². The van der Waals surface area contributed by atoms with Crippen LogP contribution in [0, 0.1) is 6.92 Å². The molecule has 3 nitrogen and oxygen atoms in total. The molecule has 1 aromatic heterocycles. The molecular formula is C17H24NO2+. The molecule has 0 aliphatic carbocycles. The standard InChI is InChI=1S/C17H24NO2/c1-5-9-19-16-11-14-7-8-18(4)13(3)15(14)12-17(16)20-10-6-2/h7-8,11-12H,5-6,9-10H2,1-4H3/q+1. The molecule has 2 rings (SSSR count). The Kier molecular flexibility index (Phi) is 4.83. The summed E-state index contributed by atoms with van der Waals surface area (Å²) in [6.45, 7) is 7.77. The van der Waals surface area contributed by atoms with E-state index in [1.54, 1.807) is 0 Å². The summed E-state index contributed by atoms with van der Waals surface area (Å²) in [7, 11) is 2.06. The van der Waals surface area contributed by atoms with Gasteiger partial charge in [-0.25, -0.2) is 4.57 Å². The maximum absolute atomic E-state index is 5.85.